The van der Waals surface area contributed by atoms with E-state index in [-0.39, 0.29) is 24.5 Å². The third-order valence-electron chi connectivity index (χ3n) is 5.01. The SMILES string of the molecule is Cc1cccc(C)c1NC(=O)CN(C)C(=O)c1cccc(OCC2CCCO2)c1. The van der Waals surface area contributed by atoms with E-state index >= 15 is 0 Å². The number of rotatable bonds is 7. The van der Waals surface area contributed by atoms with E-state index in [0.29, 0.717) is 17.9 Å². The lowest BCUT2D eigenvalue weighted by atomic mass is 10.1. The average Bonchev–Trinajstić information content (AvgIpc) is 3.22. The number of amides is 2. The monoisotopic (exact) mass is 396 g/mol. The maximum Gasteiger partial charge on any atom is 0.254 e. The highest BCUT2D eigenvalue weighted by Crippen LogP contribution is 2.20. The lowest BCUT2D eigenvalue weighted by molar-refractivity contribution is -0.116. The molecule has 1 heterocycles. The van der Waals surface area contributed by atoms with E-state index in [9.17, 15) is 9.59 Å². The second-order valence-corrected chi connectivity index (χ2v) is 7.45. The Balaban J connectivity index is 1.57. The molecule has 0 spiro atoms. The third-order valence-corrected chi connectivity index (χ3v) is 5.01. The first-order valence-corrected chi connectivity index (χ1v) is 9.90. The van der Waals surface area contributed by atoms with Gasteiger partial charge in [-0.1, -0.05) is 24.3 Å². The summed E-state index contributed by atoms with van der Waals surface area (Å²) < 4.78 is 11.3. The molecule has 6 nitrogen and oxygen atoms in total. The maximum atomic E-state index is 12.7. The molecule has 1 aliphatic rings. The molecule has 2 amide bonds. The number of aryl methyl sites for hydroxylation is 2. The molecular weight excluding hydrogens is 368 g/mol. The fourth-order valence-electron chi connectivity index (χ4n) is 3.38. The molecule has 6 heteroatoms. The summed E-state index contributed by atoms with van der Waals surface area (Å²) in [7, 11) is 1.62. The molecule has 1 atom stereocenters. The van der Waals surface area contributed by atoms with Crippen LogP contribution in [0.2, 0.25) is 0 Å². The molecule has 2 aromatic carbocycles. The molecule has 0 radical (unpaired) electrons. The van der Waals surface area contributed by atoms with Crippen molar-refractivity contribution in [3.05, 3.63) is 59.2 Å². The normalized spacial score (nSPS) is 15.8. The van der Waals surface area contributed by atoms with Gasteiger partial charge in [0.1, 0.15) is 12.4 Å². The Morgan fingerprint density at radius 2 is 1.90 bits per heavy atom. The summed E-state index contributed by atoms with van der Waals surface area (Å²) in [4.78, 5) is 26.6. The Bertz CT molecular complexity index is 855. The molecule has 29 heavy (non-hydrogen) atoms. The third kappa shape index (κ3) is 5.57. The lowest BCUT2D eigenvalue weighted by Crippen LogP contribution is -2.35. The minimum absolute atomic E-state index is 0.0341. The van der Waals surface area contributed by atoms with E-state index in [0.717, 1.165) is 36.3 Å². The molecular formula is C23H28N2O4. The highest BCUT2D eigenvalue weighted by molar-refractivity contribution is 5.99. The number of carbonyl (C=O) groups excluding carboxylic acids is 2. The number of nitrogens with one attached hydrogen (secondary N) is 1. The highest BCUT2D eigenvalue weighted by atomic mass is 16.5. The minimum Gasteiger partial charge on any atom is -0.491 e. The first kappa shape index (κ1) is 20.9. The quantitative estimate of drug-likeness (QED) is 0.777. The van der Waals surface area contributed by atoms with Crippen LogP contribution in [0.1, 0.15) is 34.3 Å². The van der Waals surface area contributed by atoms with Crippen LogP contribution in [-0.2, 0) is 9.53 Å². The van der Waals surface area contributed by atoms with Crippen LogP contribution in [0.4, 0.5) is 5.69 Å². The smallest absolute Gasteiger partial charge is 0.254 e. The molecule has 1 aliphatic heterocycles. The van der Waals surface area contributed by atoms with Gasteiger partial charge in [-0.2, -0.15) is 0 Å². The van der Waals surface area contributed by atoms with Crippen LogP contribution in [0.25, 0.3) is 0 Å². The fraction of sp³-hybridized carbons (Fsp3) is 0.391. The number of anilines is 1. The zero-order chi connectivity index (χ0) is 20.8. The Labute approximate surface area is 171 Å². The van der Waals surface area contributed by atoms with E-state index in [1.54, 1.807) is 25.2 Å². The average molecular weight is 396 g/mol. The molecule has 3 rings (SSSR count). The molecule has 1 N–H and O–H groups in total. The molecule has 0 aromatic heterocycles. The predicted octanol–water partition coefficient (Wildman–Crippen LogP) is 3.57. The van der Waals surface area contributed by atoms with Crippen LogP contribution in [0.3, 0.4) is 0 Å². The van der Waals surface area contributed by atoms with Crippen molar-refractivity contribution in [2.45, 2.75) is 32.8 Å². The molecule has 2 aromatic rings. The van der Waals surface area contributed by atoms with Gasteiger partial charge in [0, 0.05) is 24.9 Å². The van der Waals surface area contributed by atoms with Gasteiger partial charge in [-0.05, 0) is 56.0 Å². The van der Waals surface area contributed by atoms with E-state index in [2.05, 4.69) is 5.32 Å². The molecule has 154 valence electrons. The lowest BCUT2D eigenvalue weighted by Gasteiger charge is -2.19. The van der Waals surface area contributed by atoms with Gasteiger partial charge in [0.2, 0.25) is 5.91 Å². The number of nitrogens with zero attached hydrogens (tertiary/aromatic N) is 1. The van der Waals surface area contributed by atoms with Crippen molar-refractivity contribution in [1.29, 1.82) is 0 Å². The zero-order valence-corrected chi connectivity index (χ0v) is 17.2. The zero-order valence-electron chi connectivity index (χ0n) is 17.2. The Morgan fingerprint density at radius 1 is 1.17 bits per heavy atom. The van der Waals surface area contributed by atoms with Gasteiger partial charge >= 0.3 is 0 Å². The van der Waals surface area contributed by atoms with Gasteiger partial charge in [0.25, 0.3) is 5.91 Å². The van der Waals surface area contributed by atoms with Crippen molar-refractivity contribution < 1.29 is 19.1 Å². The summed E-state index contributed by atoms with van der Waals surface area (Å²) in [5.41, 5.74) is 3.26. The molecule has 1 unspecified atom stereocenters. The Hall–Kier alpha value is -2.86. The van der Waals surface area contributed by atoms with Crippen molar-refractivity contribution in [2.75, 3.05) is 32.1 Å². The molecule has 0 aliphatic carbocycles. The van der Waals surface area contributed by atoms with Crippen LogP contribution in [-0.4, -0.2) is 49.6 Å². The number of carbonyl (C=O) groups is 2. The minimum atomic E-state index is -0.232. The number of hydrogen-bond donors (Lipinski definition) is 1. The maximum absolute atomic E-state index is 12.7. The molecule has 1 saturated heterocycles. The van der Waals surface area contributed by atoms with Crippen LogP contribution in [0, 0.1) is 13.8 Å². The largest absolute Gasteiger partial charge is 0.491 e. The van der Waals surface area contributed by atoms with Crippen molar-refractivity contribution in [2.24, 2.45) is 0 Å². The van der Waals surface area contributed by atoms with Crippen molar-refractivity contribution in [1.82, 2.24) is 4.90 Å². The Kier molecular flexibility index (Phi) is 6.88. The summed E-state index contributed by atoms with van der Waals surface area (Å²) in [5.74, 6) is 0.160. The standard InChI is InChI=1S/C23H28N2O4/c1-16-7-4-8-17(2)22(16)24-21(26)14-25(3)23(27)18-9-5-10-19(13-18)29-15-20-11-6-12-28-20/h4-5,7-10,13,20H,6,11-12,14-15H2,1-3H3,(H,24,26). The number of hydrogen-bond acceptors (Lipinski definition) is 4. The van der Waals surface area contributed by atoms with Crippen LogP contribution < -0.4 is 10.1 Å². The predicted molar refractivity (Wildman–Crippen MR) is 112 cm³/mol. The second-order valence-electron chi connectivity index (χ2n) is 7.45. The first-order valence-electron chi connectivity index (χ1n) is 9.90. The van der Waals surface area contributed by atoms with Gasteiger partial charge in [-0.3, -0.25) is 9.59 Å². The van der Waals surface area contributed by atoms with Crippen molar-refractivity contribution >= 4 is 17.5 Å². The molecule has 0 saturated carbocycles. The van der Waals surface area contributed by atoms with Crippen molar-refractivity contribution in [3.8, 4) is 5.75 Å². The van der Waals surface area contributed by atoms with Gasteiger partial charge in [0.05, 0.1) is 12.6 Å². The summed E-state index contributed by atoms with van der Waals surface area (Å²) in [6.07, 6.45) is 2.17. The van der Waals surface area contributed by atoms with Gasteiger partial charge in [-0.15, -0.1) is 0 Å². The van der Waals surface area contributed by atoms with Crippen LogP contribution >= 0.6 is 0 Å². The summed E-state index contributed by atoms with van der Waals surface area (Å²) >= 11 is 0. The van der Waals surface area contributed by atoms with Gasteiger partial charge in [-0.25, -0.2) is 0 Å². The number of ether oxygens (including phenoxy) is 2. The van der Waals surface area contributed by atoms with Crippen LogP contribution in [0.15, 0.2) is 42.5 Å². The van der Waals surface area contributed by atoms with Gasteiger partial charge < -0.3 is 19.7 Å². The molecule has 1 fully saturated rings. The first-order chi connectivity index (χ1) is 13.9. The summed E-state index contributed by atoms with van der Waals surface area (Å²) in [6.45, 7) is 5.11. The Morgan fingerprint density at radius 3 is 2.59 bits per heavy atom. The van der Waals surface area contributed by atoms with Crippen molar-refractivity contribution in [3.63, 3.8) is 0 Å². The highest BCUT2D eigenvalue weighted by Gasteiger charge is 2.18. The number of para-hydroxylation sites is 1. The summed E-state index contributed by atoms with van der Waals surface area (Å²) in [5, 5.41) is 2.91. The van der Waals surface area contributed by atoms with E-state index in [1.807, 2.05) is 38.1 Å². The van der Waals surface area contributed by atoms with E-state index in [1.165, 1.54) is 4.90 Å². The number of likely N-dealkylation sites (N-methyl/N-ethyl adjacent to an activating group) is 1. The second kappa shape index (κ2) is 9.56. The van der Waals surface area contributed by atoms with E-state index in [4.69, 9.17) is 9.47 Å². The summed E-state index contributed by atoms with van der Waals surface area (Å²) in [6, 6.07) is 12.9. The van der Waals surface area contributed by atoms with E-state index < -0.39 is 0 Å². The topological polar surface area (TPSA) is 67.9 Å². The molecule has 0 bridgehead atoms. The van der Waals surface area contributed by atoms with Gasteiger partial charge in [0.15, 0.2) is 0 Å². The number of benzene rings is 2. The van der Waals surface area contributed by atoms with Crippen LogP contribution in [0.5, 0.6) is 5.75 Å². The fourth-order valence-corrected chi connectivity index (χ4v) is 3.38.